The third kappa shape index (κ3) is 4.90. The Hall–Kier alpha value is -3.66. The van der Waals surface area contributed by atoms with E-state index < -0.39 is 30.4 Å². The van der Waals surface area contributed by atoms with Gasteiger partial charge in [-0.2, -0.15) is 0 Å². The topological polar surface area (TPSA) is 143 Å². The minimum Gasteiger partial charge on any atom is -0.454 e. The Kier molecular flexibility index (Phi) is 6.45. The molecular formula is C23H24N4O5S. The number of nitrogens with two attached hydrogens (primary N) is 1. The van der Waals surface area contributed by atoms with Crippen LogP contribution in [0.4, 0.5) is 5.00 Å². The number of hydrogen-bond acceptors (Lipinski definition) is 6. The van der Waals surface area contributed by atoms with Crippen LogP contribution in [0.1, 0.15) is 39.7 Å². The molecule has 4 rings (SSSR count). The summed E-state index contributed by atoms with van der Waals surface area (Å²) >= 11 is 1.32. The molecule has 10 heteroatoms. The van der Waals surface area contributed by atoms with Crippen LogP contribution in [0.15, 0.2) is 30.5 Å². The molecule has 0 unspecified atom stereocenters. The zero-order chi connectivity index (χ0) is 23.5. The highest BCUT2D eigenvalue weighted by Gasteiger charge is 2.27. The maximum atomic E-state index is 12.7. The van der Waals surface area contributed by atoms with Gasteiger partial charge in [0.1, 0.15) is 11.0 Å². The molecule has 172 valence electrons. The molecule has 1 aromatic carbocycles. The standard InChI is InChI=1S/C23H24N4O5S/c1-12(28)26-17(9-13-10-25-16-7-3-2-5-14(13)16)23(31)32-11-19(29)27-22-20(21(24)30)15-6-4-8-18(15)33-22/h2-3,5,7,10,17,25H,4,6,8-9,11H2,1H3,(H2,24,30)(H,26,28)(H,27,29)/t17-/m0/s1. The number of nitrogens with one attached hydrogen (secondary N) is 3. The van der Waals surface area contributed by atoms with Crippen molar-refractivity contribution in [3.05, 3.63) is 52.0 Å². The molecule has 2 heterocycles. The molecular weight excluding hydrogens is 444 g/mol. The van der Waals surface area contributed by atoms with Crippen molar-refractivity contribution in [1.82, 2.24) is 10.3 Å². The van der Waals surface area contributed by atoms with Gasteiger partial charge < -0.3 is 26.1 Å². The number of aryl methyl sites for hydroxylation is 1. The van der Waals surface area contributed by atoms with E-state index in [0.717, 1.165) is 46.2 Å². The lowest BCUT2D eigenvalue weighted by Crippen LogP contribution is -2.43. The van der Waals surface area contributed by atoms with E-state index in [1.165, 1.54) is 18.3 Å². The molecule has 1 atom stereocenters. The molecule has 0 saturated carbocycles. The van der Waals surface area contributed by atoms with Gasteiger partial charge in [0.25, 0.3) is 11.8 Å². The van der Waals surface area contributed by atoms with Crippen LogP contribution in [0.5, 0.6) is 0 Å². The van der Waals surface area contributed by atoms with Crippen molar-refractivity contribution in [3.8, 4) is 0 Å². The molecule has 0 radical (unpaired) electrons. The summed E-state index contributed by atoms with van der Waals surface area (Å²) in [7, 11) is 0. The number of fused-ring (bicyclic) bond motifs is 2. The minimum absolute atomic E-state index is 0.202. The second kappa shape index (κ2) is 9.45. The molecule has 1 aliphatic carbocycles. The van der Waals surface area contributed by atoms with Crippen LogP contribution in [0.2, 0.25) is 0 Å². The first-order valence-electron chi connectivity index (χ1n) is 10.6. The van der Waals surface area contributed by atoms with Crippen LogP contribution in [0, 0.1) is 0 Å². The van der Waals surface area contributed by atoms with E-state index in [4.69, 9.17) is 10.5 Å². The molecule has 9 nitrogen and oxygen atoms in total. The number of anilines is 1. The number of ether oxygens (including phenoxy) is 1. The number of carbonyl (C=O) groups is 4. The van der Waals surface area contributed by atoms with Gasteiger partial charge >= 0.3 is 5.97 Å². The van der Waals surface area contributed by atoms with Gasteiger partial charge in [-0.25, -0.2) is 4.79 Å². The fraction of sp³-hybridized carbons (Fsp3) is 0.304. The lowest BCUT2D eigenvalue weighted by atomic mass is 10.0. The van der Waals surface area contributed by atoms with Gasteiger partial charge in [-0.15, -0.1) is 11.3 Å². The molecule has 0 aliphatic heterocycles. The molecule has 3 aromatic rings. The Labute approximate surface area is 193 Å². The largest absolute Gasteiger partial charge is 0.454 e. The number of rotatable bonds is 8. The molecule has 1 aliphatic rings. The zero-order valence-electron chi connectivity index (χ0n) is 18.0. The predicted molar refractivity (Wildman–Crippen MR) is 124 cm³/mol. The molecule has 0 spiro atoms. The summed E-state index contributed by atoms with van der Waals surface area (Å²) in [6, 6.07) is 6.65. The number of esters is 1. The maximum absolute atomic E-state index is 12.7. The van der Waals surface area contributed by atoms with Crippen molar-refractivity contribution in [2.75, 3.05) is 11.9 Å². The lowest BCUT2D eigenvalue weighted by molar-refractivity contribution is -0.150. The van der Waals surface area contributed by atoms with Gasteiger partial charge in [0.2, 0.25) is 5.91 Å². The summed E-state index contributed by atoms with van der Waals surface area (Å²) in [5.41, 5.74) is 8.49. The van der Waals surface area contributed by atoms with Gasteiger partial charge in [0, 0.05) is 35.3 Å². The van der Waals surface area contributed by atoms with Crippen LogP contribution >= 0.6 is 11.3 Å². The Bertz CT molecular complexity index is 1240. The normalized spacial score (nSPS) is 13.4. The highest BCUT2D eigenvalue weighted by molar-refractivity contribution is 7.17. The van der Waals surface area contributed by atoms with Crippen molar-refractivity contribution in [3.63, 3.8) is 0 Å². The Morgan fingerprint density at radius 2 is 2.00 bits per heavy atom. The fourth-order valence-corrected chi connectivity index (χ4v) is 5.42. The second-order valence-electron chi connectivity index (χ2n) is 7.90. The summed E-state index contributed by atoms with van der Waals surface area (Å²) in [4.78, 5) is 52.8. The number of H-pyrrole nitrogens is 1. The van der Waals surface area contributed by atoms with E-state index in [-0.39, 0.29) is 12.3 Å². The fourth-order valence-electron chi connectivity index (χ4n) is 4.11. The lowest BCUT2D eigenvalue weighted by Gasteiger charge is -2.16. The number of carbonyl (C=O) groups excluding carboxylic acids is 4. The number of hydrogen-bond donors (Lipinski definition) is 4. The SMILES string of the molecule is CC(=O)N[C@@H](Cc1c[nH]c2ccccc12)C(=O)OCC(=O)Nc1sc2c(c1C(N)=O)CCC2. The number of aromatic amines is 1. The van der Waals surface area contributed by atoms with E-state index in [1.807, 2.05) is 24.3 Å². The van der Waals surface area contributed by atoms with Crippen molar-refractivity contribution in [2.24, 2.45) is 5.73 Å². The first-order valence-corrected chi connectivity index (χ1v) is 11.4. The van der Waals surface area contributed by atoms with Crippen molar-refractivity contribution >= 4 is 50.9 Å². The summed E-state index contributed by atoms with van der Waals surface area (Å²) in [6.45, 7) is 0.757. The summed E-state index contributed by atoms with van der Waals surface area (Å²) in [5, 5.41) is 6.54. The van der Waals surface area contributed by atoms with E-state index in [2.05, 4.69) is 15.6 Å². The number of para-hydroxylation sites is 1. The monoisotopic (exact) mass is 468 g/mol. The number of amides is 3. The molecule has 0 bridgehead atoms. The Morgan fingerprint density at radius 1 is 1.21 bits per heavy atom. The molecule has 33 heavy (non-hydrogen) atoms. The van der Waals surface area contributed by atoms with Crippen molar-refractivity contribution < 1.29 is 23.9 Å². The second-order valence-corrected chi connectivity index (χ2v) is 9.00. The van der Waals surface area contributed by atoms with Crippen LogP contribution in [-0.4, -0.2) is 41.3 Å². The summed E-state index contributed by atoms with van der Waals surface area (Å²) < 4.78 is 5.19. The van der Waals surface area contributed by atoms with Gasteiger partial charge in [0.05, 0.1) is 5.56 Å². The Morgan fingerprint density at radius 3 is 2.76 bits per heavy atom. The maximum Gasteiger partial charge on any atom is 0.329 e. The highest BCUT2D eigenvalue weighted by Crippen LogP contribution is 2.38. The molecule has 3 amide bonds. The van der Waals surface area contributed by atoms with E-state index in [1.54, 1.807) is 6.20 Å². The summed E-state index contributed by atoms with van der Waals surface area (Å²) in [5.74, 6) is -2.29. The third-order valence-electron chi connectivity index (χ3n) is 5.53. The number of aromatic nitrogens is 1. The van der Waals surface area contributed by atoms with E-state index in [0.29, 0.717) is 10.6 Å². The number of benzene rings is 1. The smallest absolute Gasteiger partial charge is 0.329 e. The van der Waals surface area contributed by atoms with Crippen LogP contribution in [0.3, 0.4) is 0 Å². The number of thiophene rings is 1. The average Bonchev–Trinajstić information content (AvgIpc) is 3.46. The van der Waals surface area contributed by atoms with Gasteiger partial charge in [-0.05, 0) is 36.5 Å². The van der Waals surface area contributed by atoms with Crippen LogP contribution < -0.4 is 16.4 Å². The molecule has 0 saturated heterocycles. The van der Waals surface area contributed by atoms with E-state index >= 15 is 0 Å². The molecule has 2 aromatic heterocycles. The third-order valence-corrected chi connectivity index (χ3v) is 6.73. The Balaban J connectivity index is 1.41. The van der Waals surface area contributed by atoms with Crippen LogP contribution in [-0.2, 0) is 38.4 Å². The number of primary amides is 1. The predicted octanol–water partition coefficient (Wildman–Crippen LogP) is 2.05. The molecule has 0 fully saturated rings. The minimum atomic E-state index is -0.957. The first kappa shape index (κ1) is 22.5. The van der Waals surface area contributed by atoms with Crippen LogP contribution in [0.25, 0.3) is 10.9 Å². The zero-order valence-corrected chi connectivity index (χ0v) is 18.8. The average molecular weight is 469 g/mol. The van der Waals surface area contributed by atoms with Crippen molar-refractivity contribution in [2.45, 2.75) is 38.6 Å². The summed E-state index contributed by atoms with van der Waals surface area (Å²) in [6.07, 6.45) is 4.53. The van der Waals surface area contributed by atoms with Gasteiger partial charge in [0.15, 0.2) is 6.61 Å². The van der Waals surface area contributed by atoms with Crippen molar-refractivity contribution in [1.29, 1.82) is 0 Å². The first-order chi connectivity index (χ1) is 15.8. The van der Waals surface area contributed by atoms with Gasteiger partial charge in [-0.1, -0.05) is 18.2 Å². The van der Waals surface area contributed by atoms with E-state index in [9.17, 15) is 19.2 Å². The highest BCUT2D eigenvalue weighted by atomic mass is 32.1. The molecule has 5 N–H and O–H groups in total. The quantitative estimate of drug-likeness (QED) is 0.374. The van der Waals surface area contributed by atoms with Gasteiger partial charge in [-0.3, -0.25) is 14.4 Å².